The van der Waals surface area contributed by atoms with E-state index in [9.17, 15) is 9.59 Å². The van der Waals surface area contributed by atoms with Crippen LogP contribution in [0.25, 0.3) is 5.65 Å². The van der Waals surface area contributed by atoms with Crippen molar-refractivity contribution in [3.8, 4) is 11.5 Å². The number of ether oxygens (including phenoxy) is 2. The highest BCUT2D eigenvalue weighted by atomic mass is 79.9. The standard InChI is InChI=1S/C25H21BrCl2N4O4/c1-15-23(26)32-12-6-9-20(24(32)30-15)35-14-17-18(27)10-11-19(22(17)28)31(2)21(33)13-29-25(34)36-16-7-4-3-5-8-16/h3-12H,13-14H2,1-2H3,(H,29,34). The zero-order valence-electron chi connectivity index (χ0n) is 19.3. The van der Waals surface area contributed by atoms with Crippen LogP contribution in [0, 0.1) is 6.92 Å². The Hall–Kier alpha value is -3.27. The van der Waals surface area contributed by atoms with Gasteiger partial charge in [-0.1, -0.05) is 41.4 Å². The molecule has 8 nitrogen and oxygen atoms in total. The first-order chi connectivity index (χ1) is 17.3. The van der Waals surface area contributed by atoms with Crippen LogP contribution in [0.15, 0.2) is 65.4 Å². The van der Waals surface area contributed by atoms with Crippen LogP contribution >= 0.6 is 39.1 Å². The van der Waals surface area contributed by atoms with Gasteiger partial charge >= 0.3 is 6.09 Å². The Kier molecular flexibility index (Phi) is 8.03. The first kappa shape index (κ1) is 25.8. The minimum absolute atomic E-state index is 0.0540. The Morgan fingerprint density at radius 2 is 1.86 bits per heavy atom. The zero-order chi connectivity index (χ0) is 25.8. The molecule has 0 aliphatic rings. The van der Waals surface area contributed by atoms with E-state index in [1.54, 1.807) is 55.6 Å². The van der Waals surface area contributed by atoms with Crippen molar-refractivity contribution >= 4 is 62.5 Å². The van der Waals surface area contributed by atoms with Crippen molar-refractivity contribution in [3.63, 3.8) is 0 Å². The summed E-state index contributed by atoms with van der Waals surface area (Å²) in [7, 11) is 1.55. The number of likely N-dealkylation sites (N-methyl/N-ethyl adjacent to an activating group) is 1. The highest BCUT2D eigenvalue weighted by Crippen LogP contribution is 2.35. The Balaban J connectivity index is 1.44. The average molecular weight is 592 g/mol. The molecular formula is C25H21BrCl2N4O4. The number of carbonyl (C=O) groups is 2. The number of para-hydroxylation sites is 1. The van der Waals surface area contributed by atoms with E-state index in [1.165, 1.54) is 4.90 Å². The number of aryl methyl sites for hydroxylation is 1. The molecule has 2 amide bonds. The molecule has 0 aliphatic heterocycles. The number of imidazole rings is 1. The van der Waals surface area contributed by atoms with Crippen LogP contribution in [0.2, 0.25) is 10.0 Å². The highest BCUT2D eigenvalue weighted by Gasteiger charge is 2.20. The van der Waals surface area contributed by atoms with E-state index in [-0.39, 0.29) is 18.2 Å². The van der Waals surface area contributed by atoms with Gasteiger partial charge in [0.25, 0.3) is 0 Å². The molecule has 0 aliphatic carbocycles. The second-order valence-corrected chi connectivity index (χ2v) is 9.25. The van der Waals surface area contributed by atoms with Gasteiger partial charge in [-0.05, 0) is 59.3 Å². The third kappa shape index (κ3) is 5.59. The fraction of sp³-hybridized carbons (Fsp3) is 0.160. The van der Waals surface area contributed by atoms with Gasteiger partial charge in [-0.2, -0.15) is 0 Å². The fourth-order valence-electron chi connectivity index (χ4n) is 3.40. The molecule has 1 N–H and O–H groups in total. The molecule has 4 aromatic rings. The largest absolute Gasteiger partial charge is 0.485 e. The number of anilines is 1. The van der Waals surface area contributed by atoms with Crippen molar-refractivity contribution in [3.05, 3.63) is 86.7 Å². The van der Waals surface area contributed by atoms with Crippen LogP contribution in [0.4, 0.5) is 10.5 Å². The number of carbonyl (C=O) groups excluding carboxylic acids is 2. The minimum Gasteiger partial charge on any atom is -0.485 e. The molecular weight excluding hydrogens is 571 g/mol. The number of halogens is 3. The number of nitrogens with one attached hydrogen (secondary N) is 1. The molecule has 2 heterocycles. The van der Waals surface area contributed by atoms with Gasteiger partial charge in [-0.15, -0.1) is 0 Å². The summed E-state index contributed by atoms with van der Waals surface area (Å²) in [6, 6.07) is 15.5. The summed E-state index contributed by atoms with van der Waals surface area (Å²) in [6.07, 6.45) is 1.13. The Bertz CT molecular complexity index is 1430. The third-order valence-electron chi connectivity index (χ3n) is 5.33. The Morgan fingerprint density at radius 3 is 2.61 bits per heavy atom. The molecule has 36 heavy (non-hydrogen) atoms. The number of nitrogens with zero attached hydrogens (tertiary/aromatic N) is 3. The second-order valence-electron chi connectivity index (χ2n) is 7.71. The number of benzene rings is 2. The summed E-state index contributed by atoms with van der Waals surface area (Å²) in [5.74, 6) is 0.516. The SMILES string of the molecule is Cc1nc2c(OCc3c(Cl)ccc(N(C)C(=O)CNC(=O)Oc4ccccc4)c3Cl)cccn2c1Br. The van der Waals surface area contributed by atoms with E-state index in [2.05, 4.69) is 26.2 Å². The monoisotopic (exact) mass is 590 g/mol. The summed E-state index contributed by atoms with van der Waals surface area (Å²) in [5.41, 5.74) is 2.40. The maximum atomic E-state index is 12.7. The number of amides is 2. The molecule has 0 saturated carbocycles. The third-order valence-corrected chi connectivity index (χ3v) is 7.06. The summed E-state index contributed by atoms with van der Waals surface area (Å²) < 4.78 is 13.9. The molecule has 0 saturated heterocycles. The molecule has 2 aromatic heterocycles. The van der Waals surface area contributed by atoms with Crippen molar-refractivity contribution in [1.82, 2.24) is 14.7 Å². The van der Waals surface area contributed by atoms with Gasteiger partial charge in [-0.25, -0.2) is 9.78 Å². The van der Waals surface area contributed by atoms with E-state index in [0.29, 0.717) is 33.4 Å². The molecule has 0 spiro atoms. The molecule has 2 aromatic carbocycles. The van der Waals surface area contributed by atoms with E-state index in [4.69, 9.17) is 32.7 Å². The second kappa shape index (κ2) is 11.2. The predicted molar refractivity (Wildman–Crippen MR) is 142 cm³/mol. The lowest BCUT2D eigenvalue weighted by Gasteiger charge is -2.21. The van der Waals surface area contributed by atoms with Gasteiger partial charge < -0.3 is 19.7 Å². The van der Waals surface area contributed by atoms with Crippen molar-refractivity contribution in [2.24, 2.45) is 0 Å². The molecule has 0 unspecified atom stereocenters. The predicted octanol–water partition coefficient (Wildman–Crippen LogP) is 6.04. The lowest BCUT2D eigenvalue weighted by Crippen LogP contribution is -2.39. The van der Waals surface area contributed by atoms with E-state index in [1.807, 2.05) is 23.6 Å². The molecule has 11 heteroatoms. The van der Waals surface area contributed by atoms with E-state index >= 15 is 0 Å². The normalized spacial score (nSPS) is 10.8. The lowest BCUT2D eigenvalue weighted by molar-refractivity contribution is -0.117. The summed E-state index contributed by atoms with van der Waals surface area (Å²) in [4.78, 5) is 30.6. The van der Waals surface area contributed by atoms with Crippen molar-refractivity contribution in [2.45, 2.75) is 13.5 Å². The van der Waals surface area contributed by atoms with Gasteiger partial charge in [0.15, 0.2) is 11.4 Å². The molecule has 186 valence electrons. The van der Waals surface area contributed by atoms with Gasteiger partial charge in [0.1, 0.15) is 23.5 Å². The number of fused-ring (bicyclic) bond motifs is 1. The summed E-state index contributed by atoms with van der Waals surface area (Å²) in [5, 5.41) is 3.09. The van der Waals surface area contributed by atoms with E-state index in [0.717, 1.165) is 10.3 Å². The molecule has 4 rings (SSSR count). The molecule has 0 bridgehead atoms. The lowest BCUT2D eigenvalue weighted by atomic mass is 10.2. The van der Waals surface area contributed by atoms with Crippen molar-refractivity contribution < 1.29 is 19.1 Å². The minimum atomic E-state index is -0.741. The van der Waals surface area contributed by atoms with Crippen LogP contribution < -0.4 is 19.7 Å². The first-order valence-corrected chi connectivity index (χ1v) is 12.3. The molecule has 0 fully saturated rings. The molecule has 0 radical (unpaired) electrons. The maximum absolute atomic E-state index is 12.7. The van der Waals surface area contributed by atoms with Gasteiger partial charge in [-0.3, -0.25) is 9.20 Å². The van der Waals surface area contributed by atoms with Crippen molar-refractivity contribution in [1.29, 1.82) is 0 Å². The van der Waals surface area contributed by atoms with Crippen LogP contribution in [0.5, 0.6) is 11.5 Å². The highest BCUT2D eigenvalue weighted by molar-refractivity contribution is 9.10. The zero-order valence-corrected chi connectivity index (χ0v) is 22.4. The topological polar surface area (TPSA) is 85.2 Å². The number of hydrogen-bond donors (Lipinski definition) is 1. The Morgan fingerprint density at radius 1 is 1.11 bits per heavy atom. The van der Waals surface area contributed by atoms with Gasteiger partial charge in [0, 0.05) is 23.8 Å². The Labute approximate surface area is 225 Å². The maximum Gasteiger partial charge on any atom is 0.413 e. The van der Waals surface area contributed by atoms with Crippen LogP contribution in [0.3, 0.4) is 0 Å². The summed E-state index contributed by atoms with van der Waals surface area (Å²) >= 11 is 16.6. The van der Waals surface area contributed by atoms with Crippen LogP contribution in [0.1, 0.15) is 11.3 Å². The first-order valence-electron chi connectivity index (χ1n) is 10.8. The average Bonchev–Trinajstić information content (AvgIpc) is 3.16. The quantitative estimate of drug-likeness (QED) is 0.283. The van der Waals surface area contributed by atoms with Crippen molar-refractivity contribution in [2.75, 3.05) is 18.5 Å². The van der Waals surface area contributed by atoms with Gasteiger partial charge in [0.2, 0.25) is 5.91 Å². The number of hydrogen-bond acceptors (Lipinski definition) is 5. The summed E-state index contributed by atoms with van der Waals surface area (Å²) in [6.45, 7) is 1.66. The van der Waals surface area contributed by atoms with E-state index < -0.39 is 12.0 Å². The smallest absolute Gasteiger partial charge is 0.413 e. The number of aromatic nitrogens is 2. The van der Waals surface area contributed by atoms with Crippen LogP contribution in [-0.2, 0) is 11.4 Å². The van der Waals surface area contributed by atoms with Gasteiger partial charge in [0.05, 0.1) is 16.4 Å². The molecule has 0 atom stereocenters. The van der Waals surface area contributed by atoms with Crippen LogP contribution in [-0.4, -0.2) is 35.0 Å². The number of pyridine rings is 1. The number of rotatable bonds is 7. The fourth-order valence-corrected chi connectivity index (χ4v) is 4.38.